The van der Waals surface area contributed by atoms with E-state index in [1.54, 1.807) is 11.3 Å². The zero-order chi connectivity index (χ0) is 14.8. The van der Waals surface area contributed by atoms with Gasteiger partial charge in [-0.1, -0.05) is 18.2 Å². The molecular formula is C16H21NO2S. The molecular weight excluding hydrogens is 270 g/mol. The first kappa shape index (κ1) is 15.0. The van der Waals surface area contributed by atoms with Gasteiger partial charge in [0, 0.05) is 23.3 Å². The zero-order valence-electron chi connectivity index (χ0n) is 12.2. The average Bonchev–Trinajstić information content (AvgIpc) is 2.76. The van der Waals surface area contributed by atoms with E-state index in [1.807, 2.05) is 0 Å². The van der Waals surface area contributed by atoms with Crippen LogP contribution in [0.4, 0.5) is 0 Å². The smallest absolute Gasteiger partial charge is 0.304 e. The number of rotatable bonds is 5. The number of hydrogen-bond donors (Lipinski definition) is 1. The van der Waals surface area contributed by atoms with Crippen LogP contribution in [0.5, 0.6) is 0 Å². The molecule has 0 amide bonds. The first-order valence-electron chi connectivity index (χ1n) is 6.80. The number of thiophene rings is 1. The number of hydrogen-bond acceptors (Lipinski definition) is 3. The fraction of sp³-hybridized carbons (Fsp3) is 0.438. The van der Waals surface area contributed by atoms with Gasteiger partial charge < -0.3 is 5.11 Å². The van der Waals surface area contributed by atoms with Crippen molar-refractivity contribution in [1.82, 2.24) is 4.90 Å². The van der Waals surface area contributed by atoms with Crippen LogP contribution in [0.15, 0.2) is 29.6 Å². The molecule has 0 saturated heterocycles. The Morgan fingerprint density at radius 2 is 2.00 bits per heavy atom. The Labute approximate surface area is 123 Å². The van der Waals surface area contributed by atoms with Gasteiger partial charge in [0.15, 0.2) is 0 Å². The number of carboxylic acid groups (broad SMARTS) is 1. The first-order chi connectivity index (χ1) is 9.38. The molecule has 2 aromatic rings. The zero-order valence-corrected chi connectivity index (χ0v) is 13.0. The Morgan fingerprint density at radius 1 is 1.30 bits per heavy atom. The molecule has 0 atom stereocenters. The van der Waals surface area contributed by atoms with Crippen LogP contribution in [0.25, 0.3) is 10.1 Å². The van der Waals surface area contributed by atoms with Gasteiger partial charge in [-0.3, -0.25) is 9.69 Å². The third-order valence-electron chi connectivity index (χ3n) is 3.47. The van der Waals surface area contributed by atoms with E-state index >= 15 is 0 Å². The summed E-state index contributed by atoms with van der Waals surface area (Å²) in [5, 5.41) is 12.4. The molecule has 108 valence electrons. The summed E-state index contributed by atoms with van der Waals surface area (Å²) in [5.41, 5.74) is 1.24. The molecule has 0 unspecified atom stereocenters. The lowest BCUT2D eigenvalue weighted by molar-refractivity contribution is -0.137. The lowest BCUT2D eigenvalue weighted by Crippen LogP contribution is -2.41. The second kappa shape index (κ2) is 5.94. The fourth-order valence-corrected chi connectivity index (χ4v) is 3.20. The van der Waals surface area contributed by atoms with Crippen LogP contribution in [-0.4, -0.2) is 28.1 Å². The molecule has 0 aliphatic carbocycles. The van der Waals surface area contributed by atoms with Gasteiger partial charge in [-0.25, -0.2) is 0 Å². The Hall–Kier alpha value is -1.39. The summed E-state index contributed by atoms with van der Waals surface area (Å²) < 4.78 is 1.29. The van der Waals surface area contributed by atoms with Crippen LogP contribution in [-0.2, 0) is 11.3 Å². The van der Waals surface area contributed by atoms with Gasteiger partial charge in [0.05, 0.1) is 6.42 Å². The maximum absolute atomic E-state index is 10.8. The van der Waals surface area contributed by atoms with Gasteiger partial charge in [0.1, 0.15) is 0 Å². The van der Waals surface area contributed by atoms with Crippen LogP contribution in [0.3, 0.4) is 0 Å². The van der Waals surface area contributed by atoms with Crippen LogP contribution >= 0.6 is 11.3 Å². The van der Waals surface area contributed by atoms with E-state index in [9.17, 15) is 4.79 Å². The van der Waals surface area contributed by atoms with Gasteiger partial charge in [-0.2, -0.15) is 0 Å². The highest BCUT2D eigenvalue weighted by Gasteiger charge is 2.22. The SMILES string of the molecule is CC(C)(C)N(CCC(=O)O)Cc1csc2ccccc12. The standard InChI is InChI=1S/C16H21NO2S/c1-16(2,3)17(9-8-15(18)19)10-12-11-20-14-7-5-4-6-13(12)14/h4-7,11H,8-10H2,1-3H3,(H,18,19). The van der Waals surface area contributed by atoms with Crippen molar-refractivity contribution >= 4 is 27.4 Å². The molecule has 3 nitrogen and oxygen atoms in total. The number of carbonyl (C=O) groups is 1. The third-order valence-corrected chi connectivity index (χ3v) is 4.48. The Morgan fingerprint density at radius 3 is 2.65 bits per heavy atom. The van der Waals surface area contributed by atoms with Crippen molar-refractivity contribution in [3.05, 3.63) is 35.2 Å². The first-order valence-corrected chi connectivity index (χ1v) is 7.68. The van der Waals surface area contributed by atoms with Crippen molar-refractivity contribution in [1.29, 1.82) is 0 Å². The largest absolute Gasteiger partial charge is 0.481 e. The van der Waals surface area contributed by atoms with Crippen LogP contribution < -0.4 is 0 Å². The molecule has 0 spiro atoms. The summed E-state index contributed by atoms with van der Waals surface area (Å²) >= 11 is 1.75. The second-order valence-electron chi connectivity index (χ2n) is 5.99. The summed E-state index contributed by atoms with van der Waals surface area (Å²) in [7, 11) is 0. The van der Waals surface area contributed by atoms with Crippen molar-refractivity contribution in [2.45, 2.75) is 39.3 Å². The molecule has 1 aromatic heterocycles. The summed E-state index contributed by atoms with van der Waals surface area (Å²) in [6, 6.07) is 8.37. The lowest BCUT2D eigenvalue weighted by atomic mass is 10.0. The molecule has 1 aromatic carbocycles. The minimum atomic E-state index is -0.741. The van der Waals surface area contributed by atoms with E-state index < -0.39 is 5.97 Å². The van der Waals surface area contributed by atoms with Gasteiger partial charge in [-0.05, 0) is 43.2 Å². The summed E-state index contributed by atoms with van der Waals surface area (Å²) in [6.45, 7) is 7.75. The maximum Gasteiger partial charge on any atom is 0.304 e. The molecule has 0 radical (unpaired) electrons. The van der Waals surface area contributed by atoms with E-state index in [0.717, 1.165) is 6.54 Å². The maximum atomic E-state index is 10.8. The average molecular weight is 291 g/mol. The summed E-state index contributed by atoms with van der Waals surface area (Å²) in [5.74, 6) is -0.741. The highest BCUT2D eigenvalue weighted by molar-refractivity contribution is 7.17. The van der Waals surface area contributed by atoms with E-state index in [4.69, 9.17) is 5.11 Å². The Balaban J connectivity index is 2.21. The van der Waals surface area contributed by atoms with Crippen molar-refractivity contribution in [3.63, 3.8) is 0 Å². The van der Waals surface area contributed by atoms with E-state index in [0.29, 0.717) is 6.54 Å². The monoisotopic (exact) mass is 291 g/mol. The van der Waals surface area contributed by atoms with Gasteiger partial charge in [0.25, 0.3) is 0 Å². The lowest BCUT2D eigenvalue weighted by Gasteiger charge is -2.35. The number of fused-ring (bicyclic) bond motifs is 1. The van der Waals surface area contributed by atoms with Crippen LogP contribution in [0, 0.1) is 0 Å². The minimum absolute atomic E-state index is 0.0432. The van der Waals surface area contributed by atoms with Crippen molar-refractivity contribution in [2.24, 2.45) is 0 Å². The summed E-state index contributed by atoms with van der Waals surface area (Å²) in [4.78, 5) is 13.1. The second-order valence-corrected chi connectivity index (χ2v) is 6.90. The van der Waals surface area contributed by atoms with Crippen LogP contribution in [0.2, 0.25) is 0 Å². The topological polar surface area (TPSA) is 40.5 Å². The van der Waals surface area contributed by atoms with Gasteiger partial charge in [0.2, 0.25) is 0 Å². The predicted octanol–water partition coefficient (Wildman–Crippen LogP) is 3.98. The number of carboxylic acids is 1. The van der Waals surface area contributed by atoms with Crippen molar-refractivity contribution in [3.8, 4) is 0 Å². The quantitative estimate of drug-likeness (QED) is 0.906. The van der Waals surface area contributed by atoms with E-state index in [1.165, 1.54) is 15.6 Å². The molecule has 0 saturated carbocycles. The number of aliphatic carboxylic acids is 1. The Bertz CT molecular complexity index is 598. The van der Waals surface area contributed by atoms with Crippen molar-refractivity contribution < 1.29 is 9.90 Å². The molecule has 2 rings (SSSR count). The van der Waals surface area contributed by atoms with Crippen molar-refractivity contribution in [2.75, 3.05) is 6.54 Å². The molecule has 4 heteroatoms. The highest BCUT2D eigenvalue weighted by atomic mass is 32.1. The number of nitrogens with zero attached hydrogens (tertiary/aromatic N) is 1. The molecule has 0 bridgehead atoms. The highest BCUT2D eigenvalue weighted by Crippen LogP contribution is 2.28. The predicted molar refractivity (Wildman–Crippen MR) is 84.2 cm³/mol. The molecule has 1 N–H and O–H groups in total. The normalized spacial score (nSPS) is 12.2. The third kappa shape index (κ3) is 3.58. The van der Waals surface area contributed by atoms with E-state index in [-0.39, 0.29) is 12.0 Å². The molecule has 1 heterocycles. The molecule has 0 aliphatic heterocycles. The number of benzene rings is 1. The fourth-order valence-electron chi connectivity index (χ4n) is 2.24. The van der Waals surface area contributed by atoms with Gasteiger partial charge >= 0.3 is 5.97 Å². The molecule has 20 heavy (non-hydrogen) atoms. The van der Waals surface area contributed by atoms with Crippen LogP contribution in [0.1, 0.15) is 32.8 Å². The minimum Gasteiger partial charge on any atom is -0.481 e. The van der Waals surface area contributed by atoms with E-state index in [2.05, 4.69) is 55.3 Å². The van der Waals surface area contributed by atoms with Gasteiger partial charge in [-0.15, -0.1) is 11.3 Å². The Kier molecular flexibility index (Phi) is 4.45. The molecule has 0 aliphatic rings. The summed E-state index contributed by atoms with van der Waals surface area (Å²) in [6.07, 6.45) is 0.180. The molecule has 0 fully saturated rings.